The van der Waals surface area contributed by atoms with Crippen molar-refractivity contribution in [1.29, 1.82) is 0 Å². The van der Waals surface area contributed by atoms with Crippen LogP contribution in [0.25, 0.3) is 0 Å². The highest BCUT2D eigenvalue weighted by atomic mass is 79.9. The lowest BCUT2D eigenvalue weighted by Crippen LogP contribution is -2.29. The Hall–Kier alpha value is -1.14. The molecule has 1 aromatic carbocycles. The summed E-state index contributed by atoms with van der Waals surface area (Å²) < 4.78 is 6.60. The van der Waals surface area contributed by atoms with Crippen LogP contribution in [0.5, 0.6) is 5.75 Å². The van der Waals surface area contributed by atoms with Gasteiger partial charge >= 0.3 is 0 Å². The number of benzene rings is 1. The van der Waals surface area contributed by atoms with Crippen molar-refractivity contribution in [2.45, 2.75) is 26.0 Å². The molecular formula is C15H17BrClN3O. The molecule has 2 rings (SSSR count). The van der Waals surface area contributed by atoms with Gasteiger partial charge in [0.25, 0.3) is 0 Å². The van der Waals surface area contributed by atoms with Crippen molar-refractivity contribution in [2.24, 2.45) is 5.84 Å². The van der Waals surface area contributed by atoms with Crippen LogP contribution in [-0.2, 0) is 0 Å². The van der Waals surface area contributed by atoms with E-state index in [1.165, 1.54) is 0 Å². The van der Waals surface area contributed by atoms with E-state index in [9.17, 15) is 0 Å². The third-order valence-corrected chi connectivity index (χ3v) is 3.71. The number of hydrazine groups is 1. The molecule has 6 heteroatoms. The Labute approximate surface area is 137 Å². The summed E-state index contributed by atoms with van der Waals surface area (Å²) in [7, 11) is 0. The Morgan fingerprint density at radius 3 is 2.71 bits per heavy atom. The second-order valence-electron chi connectivity index (χ2n) is 4.89. The van der Waals surface area contributed by atoms with Crippen LogP contribution >= 0.6 is 27.5 Å². The maximum Gasteiger partial charge on any atom is 0.138 e. The summed E-state index contributed by atoms with van der Waals surface area (Å²) in [6.45, 7) is 3.94. The van der Waals surface area contributed by atoms with E-state index in [0.29, 0.717) is 10.8 Å². The fraction of sp³-hybridized carbons (Fsp3) is 0.267. The lowest BCUT2D eigenvalue weighted by atomic mass is 10.0. The average molecular weight is 371 g/mol. The standard InChI is InChI=1S/C15H17BrClN3O/c1-9(2)21-12-5-10(7-19-8-12)15(20-18)13-6-11(16)3-4-14(13)17/h3-9,15,20H,18H2,1-2H3. The predicted molar refractivity (Wildman–Crippen MR) is 88.3 cm³/mol. The van der Waals surface area contributed by atoms with E-state index in [4.69, 9.17) is 22.2 Å². The number of nitrogens with two attached hydrogens (primary N) is 1. The minimum absolute atomic E-state index is 0.0841. The van der Waals surface area contributed by atoms with Gasteiger partial charge in [0.05, 0.1) is 18.3 Å². The number of hydrogen-bond donors (Lipinski definition) is 2. The predicted octanol–water partition coefficient (Wildman–Crippen LogP) is 3.84. The molecule has 4 nitrogen and oxygen atoms in total. The zero-order valence-corrected chi connectivity index (χ0v) is 14.1. The summed E-state index contributed by atoms with van der Waals surface area (Å²) in [5.41, 5.74) is 4.54. The number of pyridine rings is 1. The van der Waals surface area contributed by atoms with Crippen molar-refractivity contribution in [3.8, 4) is 5.75 Å². The Bertz CT molecular complexity index is 622. The Morgan fingerprint density at radius 1 is 1.29 bits per heavy atom. The van der Waals surface area contributed by atoms with Gasteiger partial charge in [-0.25, -0.2) is 5.43 Å². The van der Waals surface area contributed by atoms with E-state index in [0.717, 1.165) is 15.6 Å². The lowest BCUT2D eigenvalue weighted by Gasteiger charge is -2.19. The average Bonchev–Trinajstić information content (AvgIpc) is 2.43. The summed E-state index contributed by atoms with van der Waals surface area (Å²) in [6.07, 6.45) is 3.51. The first-order valence-electron chi connectivity index (χ1n) is 6.54. The molecule has 3 N–H and O–H groups in total. The first kappa shape index (κ1) is 16.2. The van der Waals surface area contributed by atoms with Crippen molar-refractivity contribution in [2.75, 3.05) is 0 Å². The van der Waals surface area contributed by atoms with Gasteiger partial charge < -0.3 is 4.74 Å². The third kappa shape index (κ3) is 4.17. The highest BCUT2D eigenvalue weighted by molar-refractivity contribution is 9.10. The molecule has 0 aliphatic carbocycles. The first-order chi connectivity index (χ1) is 10.0. The fourth-order valence-electron chi connectivity index (χ4n) is 2.03. The van der Waals surface area contributed by atoms with Gasteiger partial charge in [0.15, 0.2) is 0 Å². The van der Waals surface area contributed by atoms with E-state index in [1.54, 1.807) is 12.4 Å². The second kappa shape index (κ2) is 7.22. The van der Waals surface area contributed by atoms with E-state index >= 15 is 0 Å². The minimum atomic E-state index is -0.266. The maximum absolute atomic E-state index is 6.28. The molecule has 0 aliphatic rings. The largest absolute Gasteiger partial charge is 0.489 e. The van der Waals surface area contributed by atoms with Crippen molar-refractivity contribution in [1.82, 2.24) is 10.4 Å². The topological polar surface area (TPSA) is 60.2 Å². The summed E-state index contributed by atoms with van der Waals surface area (Å²) in [5.74, 6) is 6.42. The zero-order chi connectivity index (χ0) is 15.4. The van der Waals surface area contributed by atoms with Gasteiger partial charge in [0.1, 0.15) is 5.75 Å². The highest BCUT2D eigenvalue weighted by Crippen LogP contribution is 2.31. The smallest absolute Gasteiger partial charge is 0.138 e. The van der Waals surface area contributed by atoms with Gasteiger partial charge in [-0.05, 0) is 49.2 Å². The van der Waals surface area contributed by atoms with Crippen LogP contribution in [-0.4, -0.2) is 11.1 Å². The van der Waals surface area contributed by atoms with Gasteiger partial charge in [-0.3, -0.25) is 10.8 Å². The van der Waals surface area contributed by atoms with Gasteiger partial charge in [0, 0.05) is 15.7 Å². The summed E-state index contributed by atoms with van der Waals surface area (Å²) in [5, 5.41) is 0.635. The maximum atomic E-state index is 6.28. The van der Waals surface area contributed by atoms with E-state index in [1.807, 2.05) is 38.1 Å². The molecule has 0 amide bonds. The van der Waals surface area contributed by atoms with Crippen LogP contribution < -0.4 is 16.0 Å². The van der Waals surface area contributed by atoms with Crippen molar-refractivity contribution in [3.05, 3.63) is 57.3 Å². The highest BCUT2D eigenvalue weighted by Gasteiger charge is 2.17. The zero-order valence-electron chi connectivity index (χ0n) is 11.8. The molecule has 21 heavy (non-hydrogen) atoms. The molecule has 0 spiro atoms. The van der Waals surface area contributed by atoms with Gasteiger partial charge in [-0.2, -0.15) is 0 Å². The molecule has 0 radical (unpaired) electrons. The molecule has 0 fully saturated rings. The van der Waals surface area contributed by atoms with Crippen LogP contribution in [0.2, 0.25) is 5.02 Å². The summed E-state index contributed by atoms with van der Waals surface area (Å²) in [4.78, 5) is 4.21. The van der Waals surface area contributed by atoms with E-state index < -0.39 is 0 Å². The van der Waals surface area contributed by atoms with E-state index in [-0.39, 0.29) is 12.1 Å². The van der Waals surface area contributed by atoms with Crippen molar-refractivity contribution in [3.63, 3.8) is 0 Å². The number of nitrogens with zero attached hydrogens (tertiary/aromatic N) is 1. The second-order valence-corrected chi connectivity index (χ2v) is 6.21. The van der Waals surface area contributed by atoms with E-state index in [2.05, 4.69) is 26.3 Å². The molecule has 0 aliphatic heterocycles. The Morgan fingerprint density at radius 2 is 2.05 bits per heavy atom. The Balaban J connectivity index is 2.39. The molecule has 2 aromatic rings. The molecule has 1 heterocycles. The summed E-state index contributed by atoms with van der Waals surface area (Å²) in [6, 6.07) is 7.29. The summed E-state index contributed by atoms with van der Waals surface area (Å²) >= 11 is 9.72. The monoisotopic (exact) mass is 369 g/mol. The molecule has 1 atom stereocenters. The van der Waals surface area contributed by atoms with Crippen LogP contribution in [0.1, 0.15) is 31.0 Å². The Kier molecular flexibility index (Phi) is 5.58. The molecule has 1 aromatic heterocycles. The lowest BCUT2D eigenvalue weighted by molar-refractivity contribution is 0.241. The number of ether oxygens (including phenoxy) is 1. The van der Waals surface area contributed by atoms with Crippen LogP contribution in [0.15, 0.2) is 41.1 Å². The fourth-order valence-corrected chi connectivity index (χ4v) is 2.64. The number of aromatic nitrogens is 1. The SMILES string of the molecule is CC(C)Oc1cncc(C(NN)c2cc(Br)ccc2Cl)c1. The van der Waals surface area contributed by atoms with Crippen molar-refractivity contribution < 1.29 is 4.74 Å². The molecule has 112 valence electrons. The molecular weight excluding hydrogens is 354 g/mol. The van der Waals surface area contributed by atoms with Crippen LogP contribution in [0.4, 0.5) is 0 Å². The number of rotatable bonds is 5. The minimum Gasteiger partial charge on any atom is -0.489 e. The molecule has 0 saturated carbocycles. The van der Waals surface area contributed by atoms with Crippen LogP contribution in [0, 0.1) is 0 Å². The molecule has 0 bridgehead atoms. The van der Waals surface area contributed by atoms with Gasteiger partial charge in [-0.15, -0.1) is 0 Å². The molecule has 0 saturated heterocycles. The van der Waals surface area contributed by atoms with Gasteiger partial charge in [0.2, 0.25) is 0 Å². The normalized spacial score (nSPS) is 12.5. The van der Waals surface area contributed by atoms with Gasteiger partial charge in [-0.1, -0.05) is 27.5 Å². The first-order valence-corrected chi connectivity index (χ1v) is 7.71. The quantitative estimate of drug-likeness (QED) is 0.620. The van der Waals surface area contributed by atoms with Crippen molar-refractivity contribution >= 4 is 27.5 Å². The van der Waals surface area contributed by atoms with Crippen LogP contribution in [0.3, 0.4) is 0 Å². The molecule has 1 unspecified atom stereocenters. The third-order valence-electron chi connectivity index (χ3n) is 2.88. The number of nitrogens with one attached hydrogen (secondary N) is 1. The number of hydrogen-bond acceptors (Lipinski definition) is 4. The number of halogens is 2.